The molecule has 0 aromatic rings. The van der Waals surface area contributed by atoms with E-state index < -0.39 is 5.97 Å². The van der Waals surface area contributed by atoms with Crippen molar-refractivity contribution in [1.82, 2.24) is 0 Å². The highest BCUT2D eigenvalue weighted by Gasteiger charge is 2.44. The zero-order valence-corrected chi connectivity index (χ0v) is 11.6. The molecule has 0 saturated heterocycles. The molecule has 2 N–H and O–H groups in total. The van der Waals surface area contributed by atoms with E-state index in [9.17, 15) is 9.90 Å². The molecule has 2 aliphatic rings. The number of carbonyl (C=O) groups is 1. The highest BCUT2D eigenvalue weighted by molar-refractivity contribution is 5.70. The van der Waals surface area contributed by atoms with Crippen LogP contribution in [0.25, 0.3) is 0 Å². The van der Waals surface area contributed by atoms with Crippen LogP contribution in [0.5, 0.6) is 0 Å². The van der Waals surface area contributed by atoms with Crippen LogP contribution in [-0.2, 0) is 4.79 Å². The van der Waals surface area contributed by atoms with Gasteiger partial charge in [-0.3, -0.25) is 4.79 Å². The van der Waals surface area contributed by atoms with Crippen molar-refractivity contribution in [3.05, 3.63) is 12.2 Å². The minimum absolute atomic E-state index is 0.141. The number of aliphatic hydroxyl groups is 1. The number of allylic oxidation sites excluding steroid dienone is 2. The number of aliphatic carboxylic acids is 1. The van der Waals surface area contributed by atoms with Gasteiger partial charge in [-0.2, -0.15) is 0 Å². The Hall–Kier alpha value is -0.830. The molecule has 4 atom stereocenters. The van der Waals surface area contributed by atoms with E-state index in [1.165, 1.54) is 19.3 Å². The van der Waals surface area contributed by atoms with Crippen LogP contribution in [0.4, 0.5) is 0 Å². The number of fused-ring (bicyclic) bond motifs is 2. The number of rotatable bonds is 8. The Labute approximate surface area is 115 Å². The molecule has 2 fully saturated rings. The Morgan fingerprint density at radius 2 is 2.00 bits per heavy atom. The van der Waals surface area contributed by atoms with Crippen molar-refractivity contribution in [2.45, 2.75) is 51.4 Å². The van der Waals surface area contributed by atoms with Crippen LogP contribution >= 0.6 is 0 Å². The van der Waals surface area contributed by atoms with Gasteiger partial charge in [0.25, 0.3) is 0 Å². The average molecular weight is 266 g/mol. The van der Waals surface area contributed by atoms with E-state index in [-0.39, 0.29) is 12.5 Å². The molecule has 0 heterocycles. The van der Waals surface area contributed by atoms with Gasteiger partial charge >= 0.3 is 5.97 Å². The van der Waals surface area contributed by atoms with Crippen molar-refractivity contribution >= 4 is 5.97 Å². The fraction of sp³-hybridized carbons (Fsp3) is 0.812. The highest BCUT2D eigenvalue weighted by atomic mass is 16.4. The first-order valence-electron chi connectivity index (χ1n) is 7.71. The fourth-order valence-corrected chi connectivity index (χ4v) is 4.03. The van der Waals surface area contributed by atoms with Gasteiger partial charge in [0, 0.05) is 6.61 Å². The quantitative estimate of drug-likeness (QED) is 0.524. The van der Waals surface area contributed by atoms with Crippen LogP contribution in [0.2, 0.25) is 0 Å². The highest BCUT2D eigenvalue weighted by Crippen LogP contribution is 2.51. The molecule has 108 valence electrons. The lowest BCUT2D eigenvalue weighted by Gasteiger charge is -2.27. The molecule has 0 aromatic carbocycles. The first-order valence-corrected chi connectivity index (χ1v) is 7.71. The van der Waals surface area contributed by atoms with Crippen molar-refractivity contribution in [2.75, 3.05) is 6.61 Å². The smallest absolute Gasteiger partial charge is 0.306 e. The van der Waals surface area contributed by atoms with Gasteiger partial charge in [-0.1, -0.05) is 18.6 Å². The standard InChI is InChI=1S/C16H26O3/c17-9-5-3-1-2-4-6-14(16(18)19)15-11-12-7-8-13(15)10-12/h1-2,12-15,17H,3-11H2,(H,18,19)/b2-1+/t12-,13-,14?,15+/m0/s1. The SMILES string of the molecule is O=C(O)C(CC/C=C/CCCO)[C@@H]1C[C@H]2CC[C@H]1C2. The first kappa shape index (κ1) is 14.6. The van der Waals surface area contributed by atoms with Crippen LogP contribution in [-0.4, -0.2) is 22.8 Å². The van der Waals surface area contributed by atoms with Gasteiger partial charge in [0.2, 0.25) is 0 Å². The fourth-order valence-electron chi connectivity index (χ4n) is 4.03. The molecule has 0 aliphatic heterocycles. The molecule has 3 nitrogen and oxygen atoms in total. The van der Waals surface area contributed by atoms with Crippen LogP contribution < -0.4 is 0 Å². The van der Waals surface area contributed by atoms with Crippen molar-refractivity contribution in [1.29, 1.82) is 0 Å². The normalized spacial score (nSPS) is 31.1. The molecule has 0 aromatic heterocycles. The summed E-state index contributed by atoms with van der Waals surface area (Å²) in [5.74, 6) is 1.20. The second-order valence-corrected chi connectivity index (χ2v) is 6.20. The van der Waals surface area contributed by atoms with Crippen LogP contribution in [0.15, 0.2) is 12.2 Å². The van der Waals surface area contributed by atoms with E-state index in [4.69, 9.17) is 5.11 Å². The predicted molar refractivity (Wildman–Crippen MR) is 74.8 cm³/mol. The third-order valence-electron chi connectivity index (χ3n) is 4.97. The summed E-state index contributed by atoms with van der Waals surface area (Å²) in [6.07, 6.45) is 12.5. The van der Waals surface area contributed by atoms with Crippen molar-refractivity contribution in [3.63, 3.8) is 0 Å². The van der Waals surface area contributed by atoms with E-state index in [1.807, 2.05) is 0 Å². The summed E-state index contributed by atoms with van der Waals surface area (Å²) >= 11 is 0. The summed E-state index contributed by atoms with van der Waals surface area (Å²) < 4.78 is 0. The Morgan fingerprint density at radius 3 is 2.58 bits per heavy atom. The second kappa shape index (κ2) is 7.09. The van der Waals surface area contributed by atoms with Gasteiger partial charge in [0.15, 0.2) is 0 Å². The third-order valence-corrected chi connectivity index (χ3v) is 4.97. The minimum Gasteiger partial charge on any atom is -0.481 e. The van der Waals surface area contributed by atoms with Gasteiger partial charge in [-0.25, -0.2) is 0 Å². The summed E-state index contributed by atoms with van der Waals surface area (Å²) in [4.78, 5) is 11.5. The van der Waals surface area contributed by atoms with Gasteiger partial charge in [0.05, 0.1) is 5.92 Å². The molecule has 2 rings (SSSR count). The summed E-state index contributed by atoms with van der Waals surface area (Å²) in [6.45, 7) is 0.229. The predicted octanol–water partition coefficient (Wildman–Crippen LogP) is 3.23. The molecule has 19 heavy (non-hydrogen) atoms. The zero-order chi connectivity index (χ0) is 13.7. The van der Waals surface area contributed by atoms with Crippen molar-refractivity contribution in [3.8, 4) is 0 Å². The molecular weight excluding hydrogens is 240 g/mol. The maximum Gasteiger partial charge on any atom is 0.306 e. The molecular formula is C16H26O3. The molecule has 1 unspecified atom stereocenters. The largest absolute Gasteiger partial charge is 0.481 e. The number of aliphatic hydroxyl groups excluding tert-OH is 1. The zero-order valence-electron chi connectivity index (χ0n) is 11.6. The maximum atomic E-state index is 11.5. The molecule has 2 aliphatic carbocycles. The summed E-state index contributed by atoms with van der Waals surface area (Å²) in [7, 11) is 0. The van der Waals surface area contributed by atoms with Crippen molar-refractivity contribution < 1.29 is 15.0 Å². The summed E-state index contributed by atoms with van der Waals surface area (Å²) in [5.41, 5.74) is 0. The maximum absolute atomic E-state index is 11.5. The Kier molecular flexibility index (Phi) is 5.44. The lowest BCUT2D eigenvalue weighted by atomic mass is 9.77. The van der Waals surface area contributed by atoms with E-state index in [2.05, 4.69) is 12.2 Å². The summed E-state index contributed by atoms with van der Waals surface area (Å²) in [6, 6.07) is 0. The molecule has 0 spiro atoms. The molecule has 2 bridgehead atoms. The molecule has 0 amide bonds. The van der Waals surface area contributed by atoms with E-state index in [0.717, 1.165) is 38.0 Å². The number of hydrogen-bond donors (Lipinski definition) is 2. The topological polar surface area (TPSA) is 57.5 Å². The van der Waals surface area contributed by atoms with Crippen LogP contribution in [0.3, 0.4) is 0 Å². The van der Waals surface area contributed by atoms with Crippen molar-refractivity contribution in [2.24, 2.45) is 23.7 Å². The van der Waals surface area contributed by atoms with E-state index in [1.54, 1.807) is 0 Å². The minimum atomic E-state index is -0.596. The third kappa shape index (κ3) is 3.82. The second-order valence-electron chi connectivity index (χ2n) is 6.20. The summed E-state index contributed by atoms with van der Waals surface area (Å²) in [5, 5.41) is 18.1. The monoisotopic (exact) mass is 266 g/mol. The van der Waals surface area contributed by atoms with Gasteiger partial charge in [0.1, 0.15) is 0 Å². The van der Waals surface area contributed by atoms with Gasteiger partial charge in [-0.15, -0.1) is 0 Å². The first-order chi connectivity index (χ1) is 9.22. The van der Waals surface area contributed by atoms with E-state index >= 15 is 0 Å². The lowest BCUT2D eigenvalue weighted by molar-refractivity contribution is -0.144. The Bertz CT molecular complexity index is 324. The Balaban J connectivity index is 1.77. The number of carboxylic acid groups (broad SMARTS) is 1. The average Bonchev–Trinajstić information content (AvgIpc) is 2.99. The Morgan fingerprint density at radius 1 is 1.21 bits per heavy atom. The van der Waals surface area contributed by atoms with Crippen LogP contribution in [0.1, 0.15) is 51.4 Å². The number of hydrogen-bond acceptors (Lipinski definition) is 2. The molecule has 3 heteroatoms. The number of unbranched alkanes of at least 4 members (excludes halogenated alkanes) is 1. The van der Waals surface area contributed by atoms with E-state index in [0.29, 0.717) is 11.8 Å². The molecule has 2 saturated carbocycles. The van der Waals surface area contributed by atoms with Crippen LogP contribution in [0, 0.1) is 23.7 Å². The van der Waals surface area contributed by atoms with Gasteiger partial charge < -0.3 is 10.2 Å². The molecule has 0 radical (unpaired) electrons. The lowest BCUT2D eigenvalue weighted by Crippen LogP contribution is -2.27. The van der Waals surface area contributed by atoms with Gasteiger partial charge in [-0.05, 0) is 62.7 Å². The number of carboxylic acids is 1.